The number of nitrogens with zero attached hydrogens (tertiary/aromatic N) is 2. The quantitative estimate of drug-likeness (QED) is 0.355. The van der Waals surface area contributed by atoms with Crippen molar-refractivity contribution in [2.75, 3.05) is 5.32 Å². The predicted molar refractivity (Wildman–Crippen MR) is 115 cm³/mol. The van der Waals surface area contributed by atoms with Crippen molar-refractivity contribution in [3.8, 4) is 11.5 Å². The third-order valence-electron chi connectivity index (χ3n) is 5.10. The van der Waals surface area contributed by atoms with Crippen LogP contribution in [0.3, 0.4) is 0 Å². The van der Waals surface area contributed by atoms with E-state index in [4.69, 9.17) is 4.42 Å². The highest BCUT2D eigenvalue weighted by atomic mass is 16.6. The second-order valence-corrected chi connectivity index (χ2v) is 7.13. The van der Waals surface area contributed by atoms with Gasteiger partial charge in [-0.2, -0.15) is 0 Å². The molecule has 0 saturated carbocycles. The molecule has 150 valence electrons. The van der Waals surface area contributed by atoms with Crippen molar-refractivity contribution in [2.45, 2.75) is 20.8 Å². The zero-order valence-corrected chi connectivity index (χ0v) is 16.7. The minimum Gasteiger partial charge on any atom is -0.436 e. The molecule has 1 amide bonds. The van der Waals surface area contributed by atoms with Gasteiger partial charge in [0.05, 0.1) is 4.92 Å². The highest BCUT2D eigenvalue weighted by Crippen LogP contribution is 2.31. The molecular formula is C23H19N3O4. The summed E-state index contributed by atoms with van der Waals surface area (Å²) < 4.78 is 5.90. The molecular weight excluding hydrogens is 382 g/mol. The third-order valence-corrected chi connectivity index (χ3v) is 5.10. The summed E-state index contributed by atoms with van der Waals surface area (Å²) in [6.45, 7) is 5.42. The highest BCUT2D eigenvalue weighted by Gasteiger charge is 2.19. The molecule has 0 aliphatic heterocycles. The maximum atomic E-state index is 12.8. The number of hydrogen-bond acceptors (Lipinski definition) is 5. The second kappa shape index (κ2) is 7.44. The number of anilines is 1. The predicted octanol–water partition coefficient (Wildman–Crippen LogP) is 5.58. The van der Waals surface area contributed by atoms with E-state index in [1.807, 2.05) is 38.1 Å². The summed E-state index contributed by atoms with van der Waals surface area (Å²) in [4.78, 5) is 28.1. The van der Waals surface area contributed by atoms with Gasteiger partial charge in [-0.05, 0) is 62.2 Å². The zero-order valence-electron chi connectivity index (χ0n) is 16.7. The Morgan fingerprint density at radius 2 is 1.80 bits per heavy atom. The largest absolute Gasteiger partial charge is 0.436 e. The second-order valence-electron chi connectivity index (χ2n) is 7.13. The molecule has 1 N–H and O–H groups in total. The molecule has 1 aromatic heterocycles. The van der Waals surface area contributed by atoms with Crippen LogP contribution in [0.2, 0.25) is 0 Å². The molecule has 0 bridgehead atoms. The number of aromatic nitrogens is 1. The van der Waals surface area contributed by atoms with Crippen LogP contribution in [0.5, 0.6) is 0 Å². The number of aryl methyl sites for hydroxylation is 1. The molecule has 0 radical (unpaired) electrons. The Kier molecular flexibility index (Phi) is 4.79. The highest BCUT2D eigenvalue weighted by molar-refractivity contribution is 6.06. The zero-order chi connectivity index (χ0) is 21.4. The average molecular weight is 401 g/mol. The first-order valence-electron chi connectivity index (χ1n) is 9.37. The van der Waals surface area contributed by atoms with Crippen LogP contribution in [-0.4, -0.2) is 15.8 Å². The van der Waals surface area contributed by atoms with Crippen molar-refractivity contribution in [2.24, 2.45) is 0 Å². The summed E-state index contributed by atoms with van der Waals surface area (Å²) >= 11 is 0. The van der Waals surface area contributed by atoms with Gasteiger partial charge < -0.3 is 9.73 Å². The van der Waals surface area contributed by atoms with Crippen molar-refractivity contribution in [3.05, 3.63) is 87.0 Å². The van der Waals surface area contributed by atoms with Gasteiger partial charge in [0.15, 0.2) is 5.58 Å². The Labute approximate surface area is 172 Å². The number of carbonyl (C=O) groups excluding carboxylic acids is 1. The van der Waals surface area contributed by atoms with Crippen LogP contribution in [0, 0.1) is 30.9 Å². The van der Waals surface area contributed by atoms with E-state index in [0.29, 0.717) is 22.7 Å². The number of carbonyl (C=O) groups is 1. The van der Waals surface area contributed by atoms with E-state index >= 15 is 0 Å². The van der Waals surface area contributed by atoms with Gasteiger partial charge in [-0.3, -0.25) is 14.9 Å². The molecule has 0 atom stereocenters. The summed E-state index contributed by atoms with van der Waals surface area (Å²) in [6, 6.07) is 15.7. The van der Waals surface area contributed by atoms with Crippen LogP contribution in [-0.2, 0) is 0 Å². The van der Waals surface area contributed by atoms with Gasteiger partial charge in [0.25, 0.3) is 11.6 Å². The molecule has 0 fully saturated rings. The van der Waals surface area contributed by atoms with Crippen molar-refractivity contribution < 1.29 is 14.1 Å². The number of rotatable bonds is 4. The Morgan fingerprint density at radius 3 is 2.57 bits per heavy atom. The van der Waals surface area contributed by atoms with Gasteiger partial charge in [0, 0.05) is 28.4 Å². The molecule has 0 spiro atoms. The first-order chi connectivity index (χ1) is 14.3. The summed E-state index contributed by atoms with van der Waals surface area (Å²) in [7, 11) is 0. The minimum atomic E-state index is -0.493. The number of hydrogen-bond donors (Lipinski definition) is 1. The smallest absolute Gasteiger partial charge is 0.273 e. The number of amides is 1. The van der Waals surface area contributed by atoms with Crippen LogP contribution < -0.4 is 5.32 Å². The maximum absolute atomic E-state index is 12.8. The maximum Gasteiger partial charge on any atom is 0.273 e. The summed E-state index contributed by atoms with van der Waals surface area (Å²) in [5, 5.41) is 14.0. The summed E-state index contributed by atoms with van der Waals surface area (Å²) in [5.41, 5.74) is 5.18. The monoisotopic (exact) mass is 401 g/mol. The Hall–Kier alpha value is -4.00. The first-order valence-corrected chi connectivity index (χ1v) is 9.37. The van der Waals surface area contributed by atoms with E-state index in [0.717, 1.165) is 22.2 Å². The number of nitro groups is 1. The van der Waals surface area contributed by atoms with E-state index in [9.17, 15) is 14.9 Å². The lowest BCUT2D eigenvalue weighted by molar-refractivity contribution is -0.385. The van der Waals surface area contributed by atoms with Gasteiger partial charge in [-0.25, -0.2) is 4.98 Å². The SMILES string of the molecule is Cc1ccc2oc(-c3cccc(NC(=O)c4cccc([N+](=O)[O-])c4C)c3C)nc2c1. The molecule has 1 heterocycles. The lowest BCUT2D eigenvalue weighted by Gasteiger charge is -2.12. The van der Waals surface area contributed by atoms with Crippen LogP contribution >= 0.6 is 0 Å². The van der Waals surface area contributed by atoms with Crippen molar-refractivity contribution >= 4 is 28.4 Å². The van der Waals surface area contributed by atoms with Crippen LogP contribution in [0.1, 0.15) is 27.0 Å². The summed E-state index contributed by atoms with van der Waals surface area (Å²) in [6.07, 6.45) is 0. The average Bonchev–Trinajstić information content (AvgIpc) is 3.12. The van der Waals surface area contributed by atoms with E-state index < -0.39 is 10.8 Å². The van der Waals surface area contributed by atoms with Crippen molar-refractivity contribution in [3.63, 3.8) is 0 Å². The van der Waals surface area contributed by atoms with Crippen molar-refractivity contribution in [1.29, 1.82) is 0 Å². The molecule has 0 aliphatic carbocycles. The fourth-order valence-corrected chi connectivity index (χ4v) is 3.41. The minimum absolute atomic E-state index is 0.0881. The molecule has 30 heavy (non-hydrogen) atoms. The Balaban J connectivity index is 1.69. The van der Waals surface area contributed by atoms with E-state index in [2.05, 4.69) is 10.3 Å². The number of nitrogens with one attached hydrogen (secondary N) is 1. The third kappa shape index (κ3) is 3.41. The topological polar surface area (TPSA) is 98.3 Å². The Morgan fingerprint density at radius 1 is 1.03 bits per heavy atom. The Bertz CT molecular complexity index is 1310. The van der Waals surface area contributed by atoms with E-state index in [1.165, 1.54) is 12.1 Å². The lowest BCUT2D eigenvalue weighted by Crippen LogP contribution is -2.15. The molecule has 0 saturated heterocycles. The van der Waals surface area contributed by atoms with E-state index in [-0.39, 0.29) is 11.3 Å². The molecule has 0 unspecified atom stereocenters. The standard InChI is InChI=1S/C23H19N3O4/c1-13-10-11-21-19(12-13)25-23(30-21)17-7-4-8-18(14(17)2)24-22(27)16-6-5-9-20(15(16)3)26(28)29/h4-12H,1-3H3,(H,24,27). The number of nitro benzene ring substituents is 1. The van der Waals surface area contributed by atoms with Gasteiger partial charge >= 0.3 is 0 Å². The molecule has 4 rings (SSSR count). The molecule has 7 nitrogen and oxygen atoms in total. The van der Waals surface area contributed by atoms with Crippen LogP contribution in [0.4, 0.5) is 11.4 Å². The molecule has 7 heteroatoms. The first kappa shape index (κ1) is 19.3. The van der Waals surface area contributed by atoms with Gasteiger partial charge in [0.1, 0.15) is 5.52 Å². The van der Waals surface area contributed by atoms with Gasteiger partial charge in [0.2, 0.25) is 5.89 Å². The lowest BCUT2D eigenvalue weighted by atomic mass is 10.0. The summed E-state index contributed by atoms with van der Waals surface area (Å²) in [5.74, 6) is 0.0559. The van der Waals surface area contributed by atoms with Crippen LogP contribution in [0.25, 0.3) is 22.6 Å². The number of benzene rings is 3. The van der Waals surface area contributed by atoms with Crippen LogP contribution in [0.15, 0.2) is 59.0 Å². The van der Waals surface area contributed by atoms with E-state index in [1.54, 1.807) is 25.1 Å². The number of fused-ring (bicyclic) bond motifs is 1. The normalized spacial score (nSPS) is 10.9. The fraction of sp³-hybridized carbons (Fsp3) is 0.130. The molecule has 3 aromatic carbocycles. The molecule has 0 aliphatic rings. The van der Waals surface area contributed by atoms with Gasteiger partial charge in [-0.1, -0.05) is 18.2 Å². The molecule has 4 aromatic rings. The van der Waals surface area contributed by atoms with Crippen molar-refractivity contribution in [1.82, 2.24) is 4.98 Å². The van der Waals surface area contributed by atoms with Gasteiger partial charge in [-0.15, -0.1) is 0 Å². The fourth-order valence-electron chi connectivity index (χ4n) is 3.41. The number of oxazole rings is 1.